The first kappa shape index (κ1) is 29.1. The fraction of sp³-hybridized carbons (Fsp3) is 0.406. The lowest BCUT2D eigenvalue weighted by Gasteiger charge is -2.27. The molecule has 2 amide bonds. The highest BCUT2D eigenvalue weighted by Crippen LogP contribution is 2.59. The topological polar surface area (TPSA) is 123 Å². The van der Waals surface area contributed by atoms with E-state index in [0.29, 0.717) is 39.3 Å². The third-order valence-corrected chi connectivity index (χ3v) is 9.04. The van der Waals surface area contributed by atoms with Gasteiger partial charge in [-0.1, -0.05) is 26.3 Å². The van der Waals surface area contributed by atoms with E-state index in [0.717, 1.165) is 42.4 Å². The third kappa shape index (κ3) is 5.70. The van der Waals surface area contributed by atoms with Crippen LogP contribution in [0.3, 0.4) is 0 Å². The van der Waals surface area contributed by atoms with Crippen LogP contribution >= 0.6 is 15.9 Å². The Morgan fingerprint density at radius 1 is 1.09 bits per heavy atom. The van der Waals surface area contributed by atoms with Crippen molar-refractivity contribution in [3.05, 3.63) is 64.4 Å². The molecule has 1 saturated heterocycles. The van der Waals surface area contributed by atoms with Gasteiger partial charge in [-0.25, -0.2) is 15.0 Å². The van der Waals surface area contributed by atoms with Gasteiger partial charge < -0.3 is 10.2 Å². The minimum atomic E-state index is -0.613. The fourth-order valence-corrected chi connectivity index (χ4v) is 6.68. The predicted molar refractivity (Wildman–Crippen MR) is 166 cm³/mol. The highest BCUT2D eigenvalue weighted by molar-refractivity contribution is 9.10. The fourth-order valence-electron chi connectivity index (χ4n) is 6.20. The quantitative estimate of drug-likeness (QED) is 0.188. The number of likely N-dealkylation sites (tertiary alicyclic amines) is 1. The molecule has 1 unspecified atom stereocenters. The number of anilines is 1. The first-order valence-electron chi connectivity index (χ1n) is 14.7. The molecule has 0 spiro atoms. The number of fused-ring (bicyclic) bond motifs is 2. The summed E-state index contributed by atoms with van der Waals surface area (Å²) in [4.78, 5) is 54.8. The normalized spacial score (nSPS) is 20.7. The number of halogens is 1. The van der Waals surface area contributed by atoms with Gasteiger partial charge in [0.15, 0.2) is 5.78 Å². The van der Waals surface area contributed by atoms with Gasteiger partial charge in [0.1, 0.15) is 34.5 Å². The molecule has 2 aliphatic rings. The molecule has 0 radical (unpaired) electrons. The summed E-state index contributed by atoms with van der Waals surface area (Å²) in [7, 11) is 0. The van der Waals surface area contributed by atoms with Gasteiger partial charge in [-0.05, 0) is 89.3 Å². The minimum absolute atomic E-state index is 0.00595. The zero-order valence-electron chi connectivity index (χ0n) is 24.7. The number of unbranched alkanes of at least 4 members (excludes halogenated alkanes) is 1. The molecule has 6 rings (SSSR count). The first-order valence-corrected chi connectivity index (χ1v) is 15.4. The number of carbonyl (C=O) groups excluding carboxylic acids is 3. The molecule has 1 aliphatic carbocycles. The lowest BCUT2D eigenvalue weighted by Crippen LogP contribution is -2.46. The number of hydrogen-bond donors (Lipinski definition) is 1. The molecule has 1 aromatic carbocycles. The van der Waals surface area contributed by atoms with Crippen LogP contribution in [0.15, 0.2) is 47.3 Å². The molecule has 222 valence electrons. The summed E-state index contributed by atoms with van der Waals surface area (Å²) in [5, 5.41) is 8.19. The molecule has 1 N–H and O–H groups in total. The van der Waals surface area contributed by atoms with Crippen LogP contribution in [0, 0.1) is 12.3 Å². The second-order valence-electron chi connectivity index (χ2n) is 12.0. The number of aryl methyl sites for hydroxylation is 2. The Hall–Kier alpha value is -3.99. The second-order valence-corrected chi connectivity index (χ2v) is 12.8. The number of hydrogen-bond acceptors (Lipinski definition) is 7. The number of rotatable bonds is 9. The van der Waals surface area contributed by atoms with Gasteiger partial charge in [-0.3, -0.25) is 19.1 Å². The maximum Gasteiger partial charge on any atom is 0.248 e. The van der Waals surface area contributed by atoms with Gasteiger partial charge in [0.25, 0.3) is 0 Å². The number of nitrogens with zero attached hydrogens (tertiary/aromatic N) is 6. The van der Waals surface area contributed by atoms with Crippen LogP contribution in [0.4, 0.5) is 5.82 Å². The van der Waals surface area contributed by atoms with Crippen LogP contribution in [0.1, 0.15) is 68.3 Å². The van der Waals surface area contributed by atoms with Crippen LogP contribution in [-0.2, 0) is 22.6 Å². The number of amides is 2. The van der Waals surface area contributed by atoms with Crippen LogP contribution in [-0.4, -0.2) is 59.3 Å². The van der Waals surface area contributed by atoms with Gasteiger partial charge in [0, 0.05) is 36.3 Å². The molecular formula is C32H34BrN7O3. The van der Waals surface area contributed by atoms with Crippen LogP contribution in [0.2, 0.25) is 0 Å². The summed E-state index contributed by atoms with van der Waals surface area (Å²) in [6, 6.07) is 8.91. The summed E-state index contributed by atoms with van der Waals surface area (Å²) >= 11 is 3.46. The third-order valence-electron chi connectivity index (χ3n) is 8.63. The average Bonchev–Trinajstić information content (AvgIpc) is 3.33. The van der Waals surface area contributed by atoms with Crippen molar-refractivity contribution in [2.24, 2.45) is 5.41 Å². The van der Waals surface area contributed by atoms with Crippen molar-refractivity contribution >= 4 is 50.2 Å². The smallest absolute Gasteiger partial charge is 0.248 e. The van der Waals surface area contributed by atoms with Crippen molar-refractivity contribution in [1.29, 1.82) is 0 Å². The molecule has 3 atom stereocenters. The summed E-state index contributed by atoms with van der Waals surface area (Å²) in [6.07, 6.45) is 7.95. The van der Waals surface area contributed by atoms with Crippen molar-refractivity contribution in [3.63, 3.8) is 0 Å². The number of Topliss-reactive ketones (excluding diaryl/α,β-unsaturated/α-hetero) is 1. The van der Waals surface area contributed by atoms with Gasteiger partial charge >= 0.3 is 0 Å². The van der Waals surface area contributed by atoms with Crippen LogP contribution < -0.4 is 5.32 Å². The molecule has 3 aromatic heterocycles. The van der Waals surface area contributed by atoms with E-state index < -0.39 is 6.04 Å². The molecule has 2 fully saturated rings. The summed E-state index contributed by atoms with van der Waals surface area (Å²) in [6.45, 7) is 7.47. The highest BCUT2D eigenvalue weighted by atomic mass is 79.9. The molecule has 43 heavy (non-hydrogen) atoms. The Morgan fingerprint density at radius 3 is 2.58 bits per heavy atom. The van der Waals surface area contributed by atoms with Gasteiger partial charge in [-0.2, -0.15) is 5.10 Å². The number of benzene rings is 1. The standard InChI is InChI=1S/C32H34BrN7O3/c1-5-6-7-20-10-27(33)36-28(11-20)37-31(43)25-13-32(4)14-26(32)40(25)29(42)17-39-24-9-8-21(22-15-34-19(3)35-16-22)12-23(24)30(38-39)18(2)41/h8-12,15-16,25-26H,5-7,13-14,17H2,1-4H3,(H,36,37,43)/t25-,26?,32-/m0/s1. The maximum atomic E-state index is 13.9. The molecule has 11 heteroatoms. The second kappa shape index (κ2) is 11.3. The predicted octanol–water partition coefficient (Wildman–Crippen LogP) is 5.52. The number of pyridine rings is 1. The Bertz CT molecular complexity index is 1750. The number of carbonyl (C=O) groups is 3. The van der Waals surface area contributed by atoms with Crippen LogP contribution in [0.5, 0.6) is 0 Å². The van der Waals surface area contributed by atoms with Crippen molar-refractivity contribution in [3.8, 4) is 11.1 Å². The van der Waals surface area contributed by atoms with Gasteiger partial charge in [0.2, 0.25) is 11.8 Å². The van der Waals surface area contributed by atoms with Crippen molar-refractivity contribution in [1.82, 2.24) is 29.6 Å². The van der Waals surface area contributed by atoms with E-state index in [1.54, 1.807) is 22.0 Å². The van der Waals surface area contributed by atoms with E-state index in [1.165, 1.54) is 6.92 Å². The van der Waals surface area contributed by atoms with E-state index in [1.807, 2.05) is 37.3 Å². The molecule has 1 aliphatic heterocycles. The molecule has 0 bridgehead atoms. The zero-order chi connectivity index (χ0) is 30.5. The molecule has 10 nitrogen and oxygen atoms in total. The van der Waals surface area contributed by atoms with E-state index in [9.17, 15) is 14.4 Å². The lowest BCUT2D eigenvalue weighted by molar-refractivity contribution is -0.138. The summed E-state index contributed by atoms with van der Waals surface area (Å²) in [5.74, 6) is 0.510. The number of ketones is 1. The zero-order valence-corrected chi connectivity index (χ0v) is 26.3. The average molecular weight is 645 g/mol. The monoisotopic (exact) mass is 643 g/mol. The van der Waals surface area contributed by atoms with Crippen molar-refractivity contribution in [2.45, 2.75) is 78.4 Å². The van der Waals surface area contributed by atoms with Crippen molar-refractivity contribution < 1.29 is 14.4 Å². The summed E-state index contributed by atoms with van der Waals surface area (Å²) < 4.78 is 2.24. The lowest BCUT2D eigenvalue weighted by atomic mass is 10.0. The Kier molecular flexibility index (Phi) is 7.62. The van der Waals surface area contributed by atoms with Crippen molar-refractivity contribution in [2.75, 3.05) is 5.32 Å². The largest absolute Gasteiger partial charge is 0.325 e. The highest BCUT2D eigenvalue weighted by Gasteiger charge is 2.64. The maximum absolute atomic E-state index is 13.9. The molecule has 1 saturated carbocycles. The number of piperidine rings is 1. The first-order chi connectivity index (χ1) is 20.6. The molecule has 4 heterocycles. The van der Waals surface area contributed by atoms with E-state index in [4.69, 9.17) is 0 Å². The van der Waals surface area contributed by atoms with E-state index in [2.05, 4.69) is 55.1 Å². The van der Waals surface area contributed by atoms with Crippen LogP contribution in [0.25, 0.3) is 22.0 Å². The van der Waals surface area contributed by atoms with E-state index >= 15 is 0 Å². The van der Waals surface area contributed by atoms with E-state index in [-0.39, 0.29) is 35.6 Å². The molecule has 4 aromatic rings. The SMILES string of the molecule is CCCCc1cc(Br)nc(NC(=O)[C@@H]2C[C@@]3(C)CC3N2C(=O)Cn2nc(C(C)=O)c3cc(-c4cnc(C)nc4)ccc32)c1. The Labute approximate surface area is 258 Å². The minimum Gasteiger partial charge on any atom is -0.325 e. The Morgan fingerprint density at radius 2 is 1.86 bits per heavy atom. The Balaban J connectivity index is 1.25. The van der Waals surface area contributed by atoms with Gasteiger partial charge in [0.05, 0.1) is 5.52 Å². The molecular weight excluding hydrogens is 610 g/mol. The number of aromatic nitrogens is 5. The van der Waals surface area contributed by atoms with Gasteiger partial charge in [-0.15, -0.1) is 0 Å². The summed E-state index contributed by atoms with van der Waals surface area (Å²) in [5.41, 5.74) is 3.65. The number of nitrogens with one attached hydrogen (secondary N) is 1.